The third-order valence-electron chi connectivity index (χ3n) is 2.36. The molecule has 1 aliphatic rings. The maximum Gasteiger partial charge on any atom is 0.247 e. The third kappa shape index (κ3) is 1.47. The standard InChI is InChI=1S/C10H10F2N2/c11-7-3-4-9(8(12)6-7)14-5-1-2-10(14)13/h3-4,6,13H,1-2,5H2/p+1. The highest BCUT2D eigenvalue weighted by Gasteiger charge is 2.21. The van der Waals surface area contributed by atoms with Gasteiger partial charge in [0.05, 0.1) is 13.0 Å². The second-order valence-corrected chi connectivity index (χ2v) is 3.34. The van der Waals surface area contributed by atoms with Crippen molar-refractivity contribution in [3.8, 4) is 0 Å². The zero-order valence-corrected chi connectivity index (χ0v) is 7.63. The van der Waals surface area contributed by atoms with Crippen molar-refractivity contribution >= 4 is 11.5 Å². The molecule has 0 atom stereocenters. The smallest absolute Gasteiger partial charge is 0.247 e. The van der Waals surface area contributed by atoms with Gasteiger partial charge in [0.2, 0.25) is 5.84 Å². The predicted molar refractivity (Wildman–Crippen MR) is 49.6 cm³/mol. The molecule has 1 aliphatic heterocycles. The first-order valence-corrected chi connectivity index (χ1v) is 4.52. The van der Waals surface area contributed by atoms with Crippen molar-refractivity contribution in [1.82, 2.24) is 0 Å². The van der Waals surface area contributed by atoms with Gasteiger partial charge in [-0.3, -0.25) is 5.73 Å². The van der Waals surface area contributed by atoms with Gasteiger partial charge in [0.25, 0.3) is 0 Å². The number of benzene rings is 1. The molecular weight excluding hydrogens is 186 g/mol. The molecule has 2 N–H and O–H groups in total. The highest BCUT2D eigenvalue weighted by molar-refractivity contribution is 5.77. The number of halogens is 2. The summed E-state index contributed by atoms with van der Waals surface area (Å²) in [7, 11) is 0. The van der Waals surface area contributed by atoms with Gasteiger partial charge in [0.15, 0.2) is 11.5 Å². The second-order valence-electron chi connectivity index (χ2n) is 3.34. The Morgan fingerprint density at radius 2 is 2.07 bits per heavy atom. The summed E-state index contributed by atoms with van der Waals surface area (Å²) < 4.78 is 27.6. The Labute approximate surface area is 80.7 Å². The number of rotatable bonds is 1. The van der Waals surface area contributed by atoms with Crippen LogP contribution in [0.25, 0.3) is 0 Å². The second kappa shape index (κ2) is 3.36. The average Bonchev–Trinajstić information content (AvgIpc) is 2.52. The van der Waals surface area contributed by atoms with E-state index in [2.05, 4.69) is 0 Å². The van der Waals surface area contributed by atoms with Crippen molar-refractivity contribution in [3.63, 3.8) is 0 Å². The summed E-state index contributed by atoms with van der Waals surface area (Å²) in [6, 6.07) is 3.54. The fourth-order valence-corrected chi connectivity index (χ4v) is 1.67. The van der Waals surface area contributed by atoms with E-state index in [1.165, 1.54) is 12.1 Å². The molecule has 74 valence electrons. The van der Waals surface area contributed by atoms with Crippen LogP contribution in [-0.2, 0) is 0 Å². The summed E-state index contributed by atoms with van der Waals surface area (Å²) in [5, 5.41) is 0. The Bertz CT molecular complexity index is 399. The summed E-state index contributed by atoms with van der Waals surface area (Å²) in [6.45, 7) is 0.703. The molecule has 1 heterocycles. The van der Waals surface area contributed by atoms with Crippen LogP contribution in [0.3, 0.4) is 0 Å². The SMILES string of the molecule is NC1=[N+](c2ccc(F)cc2F)CCC1. The van der Waals surface area contributed by atoms with Crippen LogP contribution in [0.5, 0.6) is 0 Å². The van der Waals surface area contributed by atoms with Gasteiger partial charge in [-0.1, -0.05) is 0 Å². The minimum Gasteiger partial charge on any atom is -0.291 e. The van der Waals surface area contributed by atoms with Gasteiger partial charge in [-0.05, 0) is 18.6 Å². The van der Waals surface area contributed by atoms with E-state index in [9.17, 15) is 8.78 Å². The fourth-order valence-electron chi connectivity index (χ4n) is 1.67. The number of amidine groups is 1. The van der Waals surface area contributed by atoms with E-state index < -0.39 is 11.6 Å². The highest BCUT2D eigenvalue weighted by atomic mass is 19.1. The monoisotopic (exact) mass is 197 g/mol. The molecule has 2 rings (SSSR count). The minimum absolute atomic E-state index is 0.362. The van der Waals surface area contributed by atoms with Crippen molar-refractivity contribution < 1.29 is 13.4 Å². The fraction of sp³-hybridized carbons (Fsp3) is 0.300. The van der Waals surface area contributed by atoms with Gasteiger partial charge in [-0.15, -0.1) is 0 Å². The van der Waals surface area contributed by atoms with Gasteiger partial charge in [-0.2, -0.15) is 0 Å². The number of nitrogens with zero attached hydrogens (tertiary/aromatic N) is 1. The van der Waals surface area contributed by atoms with E-state index in [4.69, 9.17) is 5.73 Å². The van der Waals surface area contributed by atoms with E-state index in [0.717, 1.165) is 18.9 Å². The molecule has 0 aliphatic carbocycles. The molecule has 1 aromatic carbocycles. The van der Waals surface area contributed by atoms with Gasteiger partial charge in [0.1, 0.15) is 5.82 Å². The Morgan fingerprint density at radius 3 is 2.64 bits per heavy atom. The van der Waals surface area contributed by atoms with E-state index >= 15 is 0 Å². The lowest BCUT2D eigenvalue weighted by Gasteiger charge is -2.03. The third-order valence-corrected chi connectivity index (χ3v) is 2.36. The molecule has 0 aromatic heterocycles. The van der Waals surface area contributed by atoms with Crippen molar-refractivity contribution in [1.29, 1.82) is 0 Å². The first kappa shape index (κ1) is 9.12. The molecule has 0 amide bonds. The van der Waals surface area contributed by atoms with Crippen LogP contribution in [-0.4, -0.2) is 17.0 Å². The Hall–Kier alpha value is -1.45. The lowest BCUT2D eigenvalue weighted by molar-refractivity contribution is -0.434. The van der Waals surface area contributed by atoms with Crippen LogP contribution in [0.2, 0.25) is 0 Å². The summed E-state index contributed by atoms with van der Waals surface area (Å²) in [5.74, 6) is -0.477. The summed E-state index contributed by atoms with van der Waals surface area (Å²) in [5.41, 5.74) is 6.06. The van der Waals surface area contributed by atoms with Crippen LogP contribution in [0.1, 0.15) is 12.8 Å². The van der Waals surface area contributed by atoms with Crippen LogP contribution in [0, 0.1) is 11.6 Å². The number of hydrogen-bond acceptors (Lipinski definition) is 1. The molecule has 4 heteroatoms. The molecule has 0 fully saturated rings. The Balaban J connectivity index is 2.46. The lowest BCUT2D eigenvalue weighted by atomic mass is 10.3. The van der Waals surface area contributed by atoms with Gasteiger partial charge in [0, 0.05) is 6.07 Å². The number of nitrogens with two attached hydrogens (primary N) is 1. The van der Waals surface area contributed by atoms with E-state index in [0.29, 0.717) is 18.1 Å². The largest absolute Gasteiger partial charge is 0.291 e. The van der Waals surface area contributed by atoms with Crippen molar-refractivity contribution in [3.05, 3.63) is 29.8 Å². The summed E-state index contributed by atoms with van der Waals surface area (Å²) in [6.07, 6.45) is 1.69. The normalized spacial score (nSPS) is 16.4. The lowest BCUT2D eigenvalue weighted by Crippen LogP contribution is -2.19. The van der Waals surface area contributed by atoms with Crippen LogP contribution in [0.15, 0.2) is 18.2 Å². The average molecular weight is 197 g/mol. The van der Waals surface area contributed by atoms with Crippen LogP contribution < -0.4 is 5.73 Å². The van der Waals surface area contributed by atoms with Gasteiger partial charge in [-0.25, -0.2) is 13.4 Å². The first-order chi connectivity index (χ1) is 6.68. The maximum absolute atomic E-state index is 13.3. The topological polar surface area (TPSA) is 29.0 Å². The molecule has 0 spiro atoms. The van der Waals surface area contributed by atoms with Crippen molar-refractivity contribution in [2.45, 2.75) is 12.8 Å². The summed E-state index contributed by atoms with van der Waals surface area (Å²) in [4.78, 5) is 0. The van der Waals surface area contributed by atoms with Gasteiger partial charge < -0.3 is 0 Å². The molecule has 14 heavy (non-hydrogen) atoms. The maximum atomic E-state index is 13.3. The quantitative estimate of drug-likeness (QED) is 0.683. The molecule has 2 nitrogen and oxygen atoms in total. The molecule has 0 radical (unpaired) electrons. The van der Waals surface area contributed by atoms with Crippen molar-refractivity contribution in [2.24, 2.45) is 5.73 Å². The molecule has 0 saturated carbocycles. The molecule has 0 bridgehead atoms. The molecule has 1 aromatic rings. The van der Waals surface area contributed by atoms with Crippen LogP contribution in [0.4, 0.5) is 14.5 Å². The zero-order valence-electron chi connectivity index (χ0n) is 7.63. The molecule has 0 unspecified atom stereocenters. The number of hydrogen-bond donors (Lipinski definition) is 1. The predicted octanol–water partition coefficient (Wildman–Crippen LogP) is 1.76. The summed E-state index contributed by atoms with van der Waals surface area (Å²) >= 11 is 0. The minimum atomic E-state index is -0.566. The van der Waals surface area contributed by atoms with Crippen LogP contribution >= 0.6 is 0 Å². The van der Waals surface area contributed by atoms with E-state index in [1.807, 2.05) is 0 Å². The first-order valence-electron chi connectivity index (χ1n) is 4.52. The Morgan fingerprint density at radius 1 is 1.29 bits per heavy atom. The highest BCUT2D eigenvalue weighted by Crippen LogP contribution is 2.21. The van der Waals surface area contributed by atoms with Gasteiger partial charge >= 0.3 is 0 Å². The van der Waals surface area contributed by atoms with E-state index in [-0.39, 0.29) is 0 Å². The Kier molecular flexibility index (Phi) is 2.19. The van der Waals surface area contributed by atoms with Crippen molar-refractivity contribution in [2.75, 3.05) is 6.54 Å². The zero-order chi connectivity index (χ0) is 10.1. The molecular formula is C10H11F2N2+. The van der Waals surface area contributed by atoms with E-state index in [1.54, 1.807) is 4.58 Å². The molecule has 0 saturated heterocycles.